The minimum atomic E-state index is -4.64. The highest BCUT2D eigenvalue weighted by atomic mass is 35.5. The van der Waals surface area contributed by atoms with Gasteiger partial charge in [-0.3, -0.25) is 4.57 Å². The number of benzene rings is 1. The lowest BCUT2D eigenvalue weighted by molar-refractivity contribution is -0.390. The Balaban J connectivity index is 2.07. The van der Waals surface area contributed by atoms with E-state index in [1.165, 1.54) is 12.1 Å². The van der Waals surface area contributed by atoms with Crippen LogP contribution in [-0.4, -0.2) is 18.9 Å². The van der Waals surface area contributed by atoms with E-state index in [4.69, 9.17) is 11.6 Å². The number of aromatic nitrogens is 3. The van der Waals surface area contributed by atoms with E-state index in [1.54, 1.807) is 0 Å². The quantitative estimate of drug-likeness (QED) is 0.522. The molecule has 0 unspecified atom stereocenters. The molecule has 3 aromatic rings. The summed E-state index contributed by atoms with van der Waals surface area (Å²) in [6.07, 6.45) is -3.53. The van der Waals surface area contributed by atoms with Crippen molar-refractivity contribution in [2.45, 2.75) is 12.7 Å². The van der Waals surface area contributed by atoms with Gasteiger partial charge in [-0.1, -0.05) is 17.7 Å². The Morgan fingerprint density at radius 2 is 1.96 bits per heavy atom. The maximum Gasteiger partial charge on any atom is 0.423 e. The summed E-state index contributed by atoms with van der Waals surface area (Å²) < 4.78 is 40.5. The van der Waals surface area contributed by atoms with Crippen LogP contribution in [0.3, 0.4) is 0 Å². The van der Waals surface area contributed by atoms with Crippen LogP contribution in [-0.2, 0) is 12.7 Å². The number of nitrogens with zero attached hydrogens (tertiary/aromatic N) is 4. The summed E-state index contributed by atoms with van der Waals surface area (Å²) in [5.74, 6) is -0.478. The second kappa shape index (κ2) is 5.88. The van der Waals surface area contributed by atoms with Gasteiger partial charge in [-0.15, -0.1) is 4.40 Å². The summed E-state index contributed by atoms with van der Waals surface area (Å²) in [4.78, 5) is 26.5. The summed E-state index contributed by atoms with van der Waals surface area (Å²) in [6.45, 7) is -0.253. The predicted octanol–water partition coefficient (Wildman–Crippen LogP) is 3.12. The molecule has 0 bridgehead atoms. The molecular weight excluding hydrogens is 365 g/mol. The van der Waals surface area contributed by atoms with E-state index >= 15 is 0 Å². The molecule has 0 aliphatic rings. The maximum absolute atomic E-state index is 12.9. The highest BCUT2D eigenvalue weighted by Gasteiger charge is 2.33. The summed E-state index contributed by atoms with van der Waals surface area (Å²) >= 11 is 5.55. The van der Waals surface area contributed by atoms with E-state index in [1.807, 2.05) is 0 Å². The Labute approximate surface area is 142 Å². The van der Waals surface area contributed by atoms with Gasteiger partial charge in [-0.2, -0.15) is 18.2 Å². The van der Waals surface area contributed by atoms with E-state index < -0.39 is 33.2 Å². The Morgan fingerprint density at radius 3 is 2.60 bits per heavy atom. The summed E-state index contributed by atoms with van der Waals surface area (Å²) in [7, 11) is 0. The summed E-state index contributed by atoms with van der Waals surface area (Å²) in [5, 5.41) is 10.5. The first-order valence-electron chi connectivity index (χ1n) is 6.75. The van der Waals surface area contributed by atoms with Gasteiger partial charge in [0.2, 0.25) is 5.65 Å². The molecule has 2 heterocycles. The number of hydrogen-bond donors (Lipinski definition) is 0. The molecule has 0 atom stereocenters. The van der Waals surface area contributed by atoms with Gasteiger partial charge in [0, 0.05) is 12.1 Å². The number of fused-ring (bicyclic) bond motifs is 1. The summed E-state index contributed by atoms with van der Waals surface area (Å²) in [5.41, 5.74) is -1.60. The number of hydrogen-bond acceptors (Lipinski definition) is 4. The van der Waals surface area contributed by atoms with Crippen LogP contribution in [0.1, 0.15) is 11.1 Å². The highest BCUT2D eigenvalue weighted by molar-refractivity contribution is 6.31. The van der Waals surface area contributed by atoms with Gasteiger partial charge < -0.3 is 10.1 Å². The zero-order valence-electron chi connectivity index (χ0n) is 12.2. The third-order valence-electron chi connectivity index (χ3n) is 3.48. The molecule has 0 fully saturated rings. The zero-order chi connectivity index (χ0) is 18.4. The van der Waals surface area contributed by atoms with Crippen LogP contribution in [0.25, 0.3) is 5.65 Å². The van der Waals surface area contributed by atoms with Crippen LogP contribution >= 0.6 is 11.6 Å². The van der Waals surface area contributed by atoms with E-state index in [9.17, 15) is 28.1 Å². The fraction of sp³-hybridized carbons (Fsp3) is 0.143. The van der Waals surface area contributed by atoms with E-state index in [0.29, 0.717) is 0 Å². The smallest absolute Gasteiger partial charge is 0.358 e. The fourth-order valence-electron chi connectivity index (χ4n) is 2.35. The molecule has 11 heteroatoms. The monoisotopic (exact) mass is 372 g/mol. The molecule has 0 amide bonds. The van der Waals surface area contributed by atoms with Gasteiger partial charge in [-0.25, -0.2) is 4.79 Å². The molecule has 25 heavy (non-hydrogen) atoms. The molecule has 0 N–H and O–H groups in total. The molecule has 0 aliphatic heterocycles. The van der Waals surface area contributed by atoms with Gasteiger partial charge in [-0.05, 0) is 22.6 Å². The van der Waals surface area contributed by atoms with Gasteiger partial charge in [0.1, 0.15) is 6.33 Å². The molecule has 1 aromatic carbocycles. The second-order valence-electron chi connectivity index (χ2n) is 5.11. The molecule has 0 saturated carbocycles. The van der Waals surface area contributed by atoms with Gasteiger partial charge in [0.05, 0.1) is 17.1 Å². The second-order valence-corrected chi connectivity index (χ2v) is 5.52. The number of halogens is 4. The predicted molar refractivity (Wildman–Crippen MR) is 81.7 cm³/mol. The van der Waals surface area contributed by atoms with Crippen molar-refractivity contribution in [3.63, 3.8) is 0 Å². The van der Waals surface area contributed by atoms with Gasteiger partial charge in [0.25, 0.3) is 0 Å². The third-order valence-corrected chi connectivity index (χ3v) is 3.81. The van der Waals surface area contributed by atoms with Crippen LogP contribution in [0, 0.1) is 10.1 Å². The van der Waals surface area contributed by atoms with Crippen molar-refractivity contribution in [3.05, 3.63) is 73.4 Å². The number of nitro groups is 1. The molecule has 2 aromatic heterocycles. The average Bonchev–Trinajstić information content (AvgIpc) is 2.95. The Bertz CT molecular complexity index is 1040. The van der Waals surface area contributed by atoms with E-state index in [2.05, 4.69) is 4.98 Å². The van der Waals surface area contributed by atoms with Crippen LogP contribution in [0.2, 0.25) is 5.02 Å². The normalized spacial score (nSPS) is 11.8. The largest absolute Gasteiger partial charge is 0.423 e. The molecular formula is C14H8ClF3N4O3. The van der Waals surface area contributed by atoms with Crippen molar-refractivity contribution in [2.24, 2.45) is 0 Å². The minimum absolute atomic E-state index is 0.0695. The van der Waals surface area contributed by atoms with Crippen molar-refractivity contribution in [1.82, 2.24) is 14.0 Å². The van der Waals surface area contributed by atoms with Crippen LogP contribution in [0.5, 0.6) is 0 Å². The highest BCUT2D eigenvalue weighted by Crippen LogP contribution is 2.35. The van der Waals surface area contributed by atoms with Crippen molar-refractivity contribution >= 4 is 23.1 Å². The average molecular weight is 373 g/mol. The lowest BCUT2D eigenvalue weighted by Crippen LogP contribution is -2.28. The first kappa shape index (κ1) is 17.0. The minimum Gasteiger partial charge on any atom is -0.358 e. The molecule has 0 radical (unpaired) electrons. The number of rotatable bonds is 3. The van der Waals surface area contributed by atoms with E-state index in [-0.39, 0.29) is 17.8 Å². The molecule has 0 saturated heterocycles. The van der Waals surface area contributed by atoms with Crippen LogP contribution in [0.4, 0.5) is 19.0 Å². The fourth-order valence-corrected chi connectivity index (χ4v) is 2.58. The standard InChI is InChI=1S/C14H8ClF3N4O3/c15-10-2-1-8(5-9(10)14(16,17)18)6-20-7-19-11-3-4-12(22(24)25)21(11)13(20)23/h1-5,7H,6H2. The molecule has 3 rings (SSSR count). The van der Waals surface area contributed by atoms with Crippen molar-refractivity contribution in [3.8, 4) is 0 Å². The third kappa shape index (κ3) is 3.07. The molecule has 0 aliphatic carbocycles. The Kier molecular flexibility index (Phi) is 3.99. The van der Waals surface area contributed by atoms with Gasteiger partial charge in [0.15, 0.2) is 0 Å². The topological polar surface area (TPSA) is 82.4 Å². The van der Waals surface area contributed by atoms with Crippen LogP contribution in [0.15, 0.2) is 41.5 Å². The number of alkyl halides is 3. The van der Waals surface area contributed by atoms with Crippen molar-refractivity contribution in [1.29, 1.82) is 0 Å². The first-order valence-corrected chi connectivity index (χ1v) is 7.13. The zero-order valence-corrected chi connectivity index (χ0v) is 13.0. The Morgan fingerprint density at radius 1 is 1.24 bits per heavy atom. The summed E-state index contributed by atoms with van der Waals surface area (Å²) in [6, 6.07) is 5.65. The molecule has 7 nitrogen and oxygen atoms in total. The van der Waals surface area contributed by atoms with Crippen molar-refractivity contribution < 1.29 is 18.1 Å². The molecule has 0 spiro atoms. The Hall–Kier alpha value is -2.88. The van der Waals surface area contributed by atoms with E-state index in [0.717, 1.165) is 33.5 Å². The van der Waals surface area contributed by atoms with Crippen LogP contribution < -0.4 is 5.69 Å². The van der Waals surface area contributed by atoms with Crippen molar-refractivity contribution in [2.75, 3.05) is 0 Å². The molecule has 130 valence electrons. The first-order chi connectivity index (χ1) is 11.7. The van der Waals surface area contributed by atoms with Gasteiger partial charge >= 0.3 is 17.7 Å². The lowest BCUT2D eigenvalue weighted by Gasteiger charge is -2.11. The maximum atomic E-state index is 12.9. The SMILES string of the molecule is O=c1n(Cc2ccc(Cl)c(C(F)(F)F)c2)cnc2ccc([N+](=O)[O-])n12. The lowest BCUT2D eigenvalue weighted by atomic mass is 10.1.